The van der Waals surface area contributed by atoms with Crippen LogP contribution < -0.4 is 5.56 Å². The molecule has 0 aliphatic carbocycles. The lowest BCUT2D eigenvalue weighted by Crippen LogP contribution is -2.39. The van der Waals surface area contributed by atoms with E-state index in [2.05, 4.69) is 33.5 Å². The van der Waals surface area contributed by atoms with E-state index >= 15 is 0 Å². The molecule has 2 aromatic heterocycles. The Hall–Kier alpha value is -3.37. The first-order chi connectivity index (χ1) is 16.3. The maximum absolute atomic E-state index is 13.1. The van der Waals surface area contributed by atoms with Crippen molar-refractivity contribution in [1.82, 2.24) is 29.3 Å². The topological polar surface area (TPSA) is 114 Å². The van der Waals surface area contributed by atoms with Crippen LogP contribution in [0.3, 0.4) is 0 Å². The van der Waals surface area contributed by atoms with E-state index in [1.807, 2.05) is 13.8 Å². The Labute approximate surface area is 197 Å². The maximum atomic E-state index is 13.1. The molecule has 0 spiro atoms. The number of H-pyrrole nitrogens is 1. The quantitative estimate of drug-likeness (QED) is 0.472. The molecule has 0 saturated carbocycles. The average Bonchev–Trinajstić information content (AvgIpc) is 3.25. The van der Waals surface area contributed by atoms with Crippen molar-refractivity contribution in [2.24, 2.45) is 0 Å². The molecule has 9 nitrogen and oxygen atoms in total. The summed E-state index contributed by atoms with van der Waals surface area (Å²) < 4.78 is 29.4. The number of fused-ring (bicyclic) bond motifs is 1. The molecule has 176 valence electrons. The van der Waals surface area contributed by atoms with Crippen molar-refractivity contribution in [3.05, 3.63) is 81.4 Å². The van der Waals surface area contributed by atoms with Crippen LogP contribution in [0.5, 0.6) is 0 Å². The molecule has 34 heavy (non-hydrogen) atoms. The molecule has 1 N–H and O–H groups in total. The molecule has 10 heteroatoms. The highest BCUT2D eigenvalue weighted by Crippen LogP contribution is 2.28. The van der Waals surface area contributed by atoms with Crippen LogP contribution in [0.25, 0.3) is 11.2 Å². The summed E-state index contributed by atoms with van der Waals surface area (Å²) in [6, 6.07) is 14.6. The molecular weight excluding hydrogens is 452 g/mol. The Bertz CT molecular complexity index is 1510. The second kappa shape index (κ2) is 8.77. The summed E-state index contributed by atoms with van der Waals surface area (Å²) >= 11 is 0. The first kappa shape index (κ1) is 22.4. The normalized spacial score (nSPS) is 17.3. The zero-order valence-corrected chi connectivity index (χ0v) is 19.9. The van der Waals surface area contributed by atoms with Gasteiger partial charge in [-0.25, -0.2) is 18.1 Å². The van der Waals surface area contributed by atoms with E-state index in [0.717, 1.165) is 23.1 Å². The second-order valence-corrected chi connectivity index (χ2v) is 10.8. The van der Waals surface area contributed by atoms with Gasteiger partial charge in [-0.1, -0.05) is 47.2 Å². The second-order valence-electron chi connectivity index (χ2n) is 8.82. The molecule has 5 rings (SSSR count). The van der Waals surface area contributed by atoms with E-state index in [9.17, 15) is 13.2 Å². The van der Waals surface area contributed by atoms with Gasteiger partial charge in [-0.2, -0.15) is 4.31 Å². The molecule has 1 atom stereocenters. The van der Waals surface area contributed by atoms with Crippen molar-refractivity contribution >= 4 is 21.2 Å². The van der Waals surface area contributed by atoms with Crippen LogP contribution in [0.1, 0.15) is 41.3 Å². The van der Waals surface area contributed by atoms with Crippen molar-refractivity contribution in [3.8, 4) is 0 Å². The molecule has 4 aromatic rings. The lowest BCUT2D eigenvalue weighted by Gasteiger charge is -2.31. The predicted molar refractivity (Wildman–Crippen MR) is 128 cm³/mol. The lowest BCUT2D eigenvalue weighted by molar-refractivity contribution is 0.309. The molecule has 2 aromatic carbocycles. The molecule has 1 unspecified atom stereocenters. The summed E-state index contributed by atoms with van der Waals surface area (Å²) in [6.45, 7) is 5.20. The number of nitrogens with one attached hydrogen (secondary N) is 1. The third-order valence-corrected chi connectivity index (χ3v) is 8.25. The SMILES string of the molecule is Cc1ccc(C)c(Cn2nnc3c(=O)[nH]c(C4CCCN(S(=O)(=O)c5ccccc5)C4)nc32)c1. The maximum Gasteiger partial charge on any atom is 0.281 e. The van der Waals surface area contributed by atoms with E-state index in [-0.39, 0.29) is 28.4 Å². The van der Waals surface area contributed by atoms with E-state index < -0.39 is 10.0 Å². The Morgan fingerprint density at radius 2 is 1.91 bits per heavy atom. The zero-order chi connectivity index (χ0) is 23.9. The molecule has 3 heterocycles. The van der Waals surface area contributed by atoms with Crippen LogP contribution in [0.15, 0.2) is 58.2 Å². The number of aryl methyl sites for hydroxylation is 2. The summed E-state index contributed by atoms with van der Waals surface area (Å²) in [5.41, 5.74) is 3.55. The summed E-state index contributed by atoms with van der Waals surface area (Å²) in [5.74, 6) is 0.239. The monoisotopic (exact) mass is 478 g/mol. The van der Waals surface area contributed by atoms with Crippen LogP contribution in [0, 0.1) is 13.8 Å². The van der Waals surface area contributed by atoms with Crippen molar-refractivity contribution in [2.75, 3.05) is 13.1 Å². The van der Waals surface area contributed by atoms with Crippen LogP contribution >= 0.6 is 0 Å². The molecule has 0 amide bonds. The summed E-state index contributed by atoms with van der Waals surface area (Å²) in [4.78, 5) is 20.6. The summed E-state index contributed by atoms with van der Waals surface area (Å²) in [7, 11) is -3.62. The lowest BCUT2D eigenvalue weighted by atomic mass is 9.99. The third-order valence-electron chi connectivity index (χ3n) is 6.37. The molecule has 1 aliphatic rings. The van der Waals surface area contributed by atoms with Crippen LogP contribution in [0.2, 0.25) is 0 Å². The Kier molecular flexibility index (Phi) is 5.78. The van der Waals surface area contributed by atoms with Gasteiger partial charge in [-0.05, 0) is 49.9 Å². The number of sulfonamides is 1. The molecule has 1 fully saturated rings. The largest absolute Gasteiger partial charge is 0.308 e. The van der Waals surface area contributed by atoms with Crippen molar-refractivity contribution in [2.45, 2.75) is 44.0 Å². The van der Waals surface area contributed by atoms with Gasteiger partial charge in [-0.3, -0.25) is 4.79 Å². The first-order valence-electron chi connectivity index (χ1n) is 11.3. The van der Waals surface area contributed by atoms with Crippen LogP contribution in [-0.2, 0) is 16.6 Å². The number of benzene rings is 2. The fourth-order valence-corrected chi connectivity index (χ4v) is 5.99. The number of aromatic amines is 1. The highest BCUT2D eigenvalue weighted by atomic mass is 32.2. The number of hydrogen-bond donors (Lipinski definition) is 1. The first-order valence-corrected chi connectivity index (χ1v) is 12.7. The molecule has 0 bridgehead atoms. The number of rotatable bonds is 5. The highest BCUT2D eigenvalue weighted by Gasteiger charge is 2.32. The minimum absolute atomic E-state index is 0.179. The van der Waals surface area contributed by atoms with Crippen molar-refractivity contribution < 1.29 is 8.42 Å². The number of piperidine rings is 1. The number of nitrogens with zero attached hydrogens (tertiary/aromatic N) is 5. The van der Waals surface area contributed by atoms with Gasteiger partial charge >= 0.3 is 0 Å². The van der Waals surface area contributed by atoms with Crippen molar-refractivity contribution in [3.63, 3.8) is 0 Å². The van der Waals surface area contributed by atoms with Gasteiger partial charge in [0.2, 0.25) is 10.0 Å². The Balaban J connectivity index is 1.47. The van der Waals surface area contributed by atoms with Gasteiger partial charge < -0.3 is 4.98 Å². The Morgan fingerprint density at radius 3 is 2.71 bits per heavy atom. The standard InChI is InChI=1S/C24H26N6O3S/c1-16-10-11-17(2)19(13-16)15-30-23-21(27-28-30)24(31)26-22(25-23)18-7-6-12-29(14-18)34(32,33)20-8-4-3-5-9-20/h3-5,8-11,13,18H,6-7,12,14-15H2,1-2H3,(H,25,26,31). The molecule has 0 radical (unpaired) electrons. The van der Waals surface area contributed by atoms with Crippen LogP contribution in [-0.4, -0.2) is 50.8 Å². The minimum Gasteiger partial charge on any atom is -0.308 e. The zero-order valence-electron chi connectivity index (χ0n) is 19.1. The van der Waals surface area contributed by atoms with Gasteiger partial charge in [0.25, 0.3) is 5.56 Å². The van der Waals surface area contributed by atoms with E-state index in [4.69, 9.17) is 4.98 Å². The smallest absolute Gasteiger partial charge is 0.281 e. The molecular formula is C24H26N6O3S. The fraction of sp³-hybridized carbons (Fsp3) is 0.333. The minimum atomic E-state index is -3.62. The van der Waals surface area contributed by atoms with Gasteiger partial charge in [0.15, 0.2) is 11.2 Å². The van der Waals surface area contributed by atoms with Gasteiger partial charge in [0, 0.05) is 19.0 Å². The van der Waals surface area contributed by atoms with Crippen molar-refractivity contribution in [1.29, 1.82) is 0 Å². The summed E-state index contributed by atoms with van der Waals surface area (Å²) in [5, 5.41) is 8.23. The summed E-state index contributed by atoms with van der Waals surface area (Å²) in [6.07, 6.45) is 1.41. The average molecular weight is 479 g/mol. The van der Waals surface area contributed by atoms with Gasteiger partial charge in [0.05, 0.1) is 11.4 Å². The van der Waals surface area contributed by atoms with E-state index in [1.54, 1.807) is 35.0 Å². The fourth-order valence-electron chi connectivity index (χ4n) is 4.44. The van der Waals surface area contributed by atoms with E-state index in [0.29, 0.717) is 31.0 Å². The number of aromatic nitrogens is 5. The van der Waals surface area contributed by atoms with E-state index in [1.165, 1.54) is 4.31 Å². The number of hydrogen-bond acceptors (Lipinski definition) is 6. The molecule has 1 saturated heterocycles. The van der Waals surface area contributed by atoms with Gasteiger partial charge in [0.1, 0.15) is 5.82 Å². The van der Waals surface area contributed by atoms with Crippen LogP contribution in [0.4, 0.5) is 0 Å². The molecule has 1 aliphatic heterocycles. The Morgan fingerprint density at radius 1 is 1.12 bits per heavy atom. The third kappa shape index (κ3) is 4.14. The van der Waals surface area contributed by atoms with Gasteiger partial charge in [-0.15, -0.1) is 5.10 Å². The predicted octanol–water partition coefficient (Wildman–Crippen LogP) is 2.75. The highest BCUT2D eigenvalue weighted by molar-refractivity contribution is 7.89.